The van der Waals surface area contributed by atoms with Crippen LogP contribution in [0.5, 0.6) is 0 Å². The van der Waals surface area contributed by atoms with Crippen LogP contribution in [0.2, 0.25) is 6.55 Å². The molecule has 0 heterocycles. The molecule has 5 aromatic carbocycles. The van der Waals surface area contributed by atoms with Crippen LogP contribution in [0.4, 0.5) is 0 Å². The van der Waals surface area contributed by atoms with E-state index in [1.165, 1.54) is 32.3 Å². The van der Waals surface area contributed by atoms with Crippen molar-refractivity contribution in [3.63, 3.8) is 0 Å². The fourth-order valence-electron chi connectivity index (χ4n) is 2.97. The zero-order chi connectivity index (χ0) is 18.4. The molecule has 0 spiro atoms. The molecule has 0 aromatic heterocycles. The molecule has 0 atom stereocenters. The summed E-state index contributed by atoms with van der Waals surface area (Å²) < 4.78 is 0. The van der Waals surface area contributed by atoms with Crippen LogP contribution in [0.25, 0.3) is 32.3 Å². The molecule has 28 heavy (non-hydrogen) atoms. The maximum Gasteiger partial charge on any atom is -0.0771 e. The van der Waals surface area contributed by atoms with Gasteiger partial charge in [-0.1, -0.05) is 42.5 Å². The Kier molecular flexibility index (Phi) is 11.1. The van der Waals surface area contributed by atoms with Crippen LogP contribution in [0.1, 0.15) is 0 Å². The van der Waals surface area contributed by atoms with E-state index in [4.69, 9.17) is 11.1 Å². The van der Waals surface area contributed by atoms with Crippen molar-refractivity contribution < 1.29 is 44.0 Å². The minimum absolute atomic E-state index is 0. The van der Waals surface area contributed by atoms with E-state index in [0.29, 0.717) is 0 Å². The van der Waals surface area contributed by atoms with Gasteiger partial charge in [-0.25, -0.2) is 0 Å². The first kappa shape index (κ1) is 25.0. The Balaban J connectivity index is 0.000000231. The predicted octanol–water partition coefficient (Wildman–Crippen LogP) is 1.17. The first-order chi connectivity index (χ1) is 12.6. The van der Waals surface area contributed by atoms with Gasteiger partial charge >= 0.3 is 42.3 Å². The fourth-order valence-corrected chi connectivity index (χ4v) is 2.97. The normalized spacial score (nSPS) is 9.43. The van der Waals surface area contributed by atoms with Crippen LogP contribution in [-0.4, -0.2) is 5.50 Å². The minimum atomic E-state index is -0.407. The zero-order valence-corrected chi connectivity index (χ0v) is 20.2. The monoisotopic (exact) mass is 476 g/mol. The molecule has 0 unspecified atom stereocenters. The van der Waals surface area contributed by atoms with E-state index < -0.39 is 5.50 Å². The molecule has 5 aromatic rings. The van der Waals surface area contributed by atoms with Crippen molar-refractivity contribution in [3.05, 3.63) is 97.1 Å². The minimum Gasteiger partial charge on any atom is -1.00 e. The predicted molar refractivity (Wildman–Crippen MR) is 114 cm³/mol. The van der Waals surface area contributed by atoms with Crippen molar-refractivity contribution in [1.29, 1.82) is 0 Å². The SMILES string of the molecule is C[Si](Cl)=[Ti+2].[Cl-].[Cl-].c1ccc2[cH-]ccc2c1.c1ccc2c(c1)[cH-]c1ccccc12. The van der Waals surface area contributed by atoms with Gasteiger partial charge in [0.05, 0.1) is 0 Å². The fraction of sp³-hybridized carbons (Fsp3) is 0.0435. The molecule has 0 amide bonds. The topological polar surface area (TPSA) is 0 Å². The second-order valence-corrected chi connectivity index (χ2v) is 13.8. The quantitative estimate of drug-likeness (QED) is 0.178. The maximum absolute atomic E-state index is 5.38. The summed E-state index contributed by atoms with van der Waals surface area (Å²) >= 11 is 7.41. The third kappa shape index (κ3) is 6.77. The molecular formula is C23H19Cl3SiTi-2. The summed E-state index contributed by atoms with van der Waals surface area (Å²) in [7, 11) is 0. The molecule has 5 rings (SSSR count). The van der Waals surface area contributed by atoms with E-state index in [0.717, 1.165) is 0 Å². The number of fused-ring (bicyclic) bond motifs is 4. The summed E-state index contributed by atoms with van der Waals surface area (Å²) in [6.45, 7) is 2.03. The molecule has 0 N–H and O–H groups in total. The number of hydrogen-bond donors (Lipinski definition) is 0. The summed E-state index contributed by atoms with van der Waals surface area (Å²) in [6, 6.07) is 33.9. The molecule has 5 heteroatoms. The average molecular weight is 478 g/mol. The van der Waals surface area contributed by atoms with E-state index in [1.54, 1.807) is 0 Å². The van der Waals surface area contributed by atoms with Crippen LogP contribution in [0.3, 0.4) is 0 Å². The number of rotatable bonds is 0. The van der Waals surface area contributed by atoms with Gasteiger partial charge in [0.25, 0.3) is 0 Å². The number of hydrogen-bond acceptors (Lipinski definition) is 0. The third-order valence-corrected chi connectivity index (χ3v) is 4.07. The second kappa shape index (κ2) is 12.5. The molecule has 0 bridgehead atoms. The van der Waals surface area contributed by atoms with Gasteiger partial charge in [-0.05, 0) is 0 Å². The molecule has 0 nitrogen and oxygen atoms in total. The molecular weight excluding hydrogens is 459 g/mol. The smallest absolute Gasteiger partial charge is 0.0771 e. The Hall–Kier alpha value is -1.06. The van der Waals surface area contributed by atoms with Gasteiger partial charge in [0.1, 0.15) is 0 Å². The summed E-state index contributed by atoms with van der Waals surface area (Å²) in [5, 5.41) is 8.05. The molecule has 0 aliphatic heterocycles. The Morgan fingerprint density at radius 1 is 0.714 bits per heavy atom. The summed E-state index contributed by atoms with van der Waals surface area (Å²) in [5.41, 5.74) is -0.407. The standard InChI is InChI=1S/C13H9.C9H7.CH3ClSi.2ClH.Ti/c1-3-7-12-10(5-1)9-11-6-2-4-8-13(11)12;1-2-5-9-7-3-6-8(9)4-1;1-3-2;;;/h1-9H;1-7H;1H3;2*1H;/q2*-1;;;;+2/p-2. The van der Waals surface area contributed by atoms with E-state index in [2.05, 4.69) is 97.1 Å². The molecule has 0 saturated carbocycles. The maximum atomic E-state index is 5.38. The van der Waals surface area contributed by atoms with Crippen molar-refractivity contribution in [3.8, 4) is 0 Å². The number of benzene rings is 3. The van der Waals surface area contributed by atoms with Crippen LogP contribution in [0.15, 0.2) is 97.1 Å². The van der Waals surface area contributed by atoms with Crippen LogP contribution >= 0.6 is 11.1 Å². The van der Waals surface area contributed by atoms with Crippen LogP contribution in [0, 0.1) is 0 Å². The van der Waals surface area contributed by atoms with Crippen molar-refractivity contribution in [2.45, 2.75) is 6.55 Å². The summed E-state index contributed by atoms with van der Waals surface area (Å²) in [4.78, 5) is 0. The van der Waals surface area contributed by atoms with Gasteiger partial charge in [-0.3, -0.25) is 0 Å². The first-order valence-corrected chi connectivity index (χ1v) is 13.8. The van der Waals surface area contributed by atoms with Crippen molar-refractivity contribution >= 4 is 48.9 Å². The Morgan fingerprint density at radius 3 is 1.64 bits per heavy atom. The summed E-state index contributed by atoms with van der Waals surface area (Å²) in [6.07, 6.45) is 0. The average Bonchev–Trinajstić information content (AvgIpc) is 3.26. The summed E-state index contributed by atoms with van der Waals surface area (Å²) in [5.74, 6) is 0. The number of halogens is 3. The van der Waals surface area contributed by atoms with Gasteiger partial charge in [-0.2, -0.15) is 17.5 Å². The van der Waals surface area contributed by atoms with Gasteiger partial charge in [0.2, 0.25) is 0 Å². The van der Waals surface area contributed by atoms with Gasteiger partial charge in [0.15, 0.2) is 0 Å². The van der Waals surface area contributed by atoms with Crippen molar-refractivity contribution in [2.24, 2.45) is 0 Å². The second-order valence-electron chi connectivity index (χ2n) is 6.01. The largest absolute Gasteiger partial charge is 1.00 e. The van der Waals surface area contributed by atoms with E-state index in [-0.39, 0.29) is 24.8 Å². The Bertz CT molecular complexity index is 1060. The molecule has 0 fully saturated rings. The van der Waals surface area contributed by atoms with E-state index >= 15 is 0 Å². The molecule has 0 aliphatic carbocycles. The van der Waals surface area contributed by atoms with Crippen LogP contribution < -0.4 is 24.8 Å². The molecule has 0 radical (unpaired) electrons. The molecule has 142 valence electrons. The zero-order valence-electron chi connectivity index (χ0n) is 15.4. The third-order valence-electron chi connectivity index (χ3n) is 4.07. The van der Waals surface area contributed by atoms with Gasteiger partial charge < -0.3 is 24.8 Å². The van der Waals surface area contributed by atoms with Gasteiger partial charge in [-0.15, -0.1) is 69.4 Å². The van der Waals surface area contributed by atoms with E-state index in [1.807, 2.05) is 25.7 Å². The van der Waals surface area contributed by atoms with Crippen LogP contribution in [-0.2, 0) is 19.2 Å². The van der Waals surface area contributed by atoms with Gasteiger partial charge in [0, 0.05) is 0 Å². The Labute approximate surface area is 195 Å². The molecule has 0 aliphatic rings. The van der Waals surface area contributed by atoms with Crippen molar-refractivity contribution in [2.75, 3.05) is 0 Å². The van der Waals surface area contributed by atoms with E-state index in [9.17, 15) is 0 Å². The molecule has 0 saturated heterocycles. The Morgan fingerprint density at radius 2 is 1.14 bits per heavy atom. The van der Waals surface area contributed by atoms with Crippen molar-refractivity contribution in [1.82, 2.24) is 0 Å². The first-order valence-electron chi connectivity index (χ1n) is 8.49.